The lowest BCUT2D eigenvalue weighted by molar-refractivity contribution is 0.380. The number of nitrogens with two attached hydrogens (primary N) is 1. The molecular formula is C11H11N5O. The summed E-state index contributed by atoms with van der Waals surface area (Å²) in [4.78, 5) is 3.91. The monoisotopic (exact) mass is 229 g/mol. The third kappa shape index (κ3) is 2.72. The average Bonchev–Trinajstić information content (AvgIpc) is 2.84. The second kappa shape index (κ2) is 4.99. The van der Waals surface area contributed by atoms with Crippen LogP contribution in [0.3, 0.4) is 0 Å². The van der Waals surface area contributed by atoms with Gasteiger partial charge < -0.3 is 15.6 Å². The Morgan fingerprint density at radius 2 is 2.35 bits per heavy atom. The molecule has 0 saturated carbocycles. The van der Waals surface area contributed by atoms with Gasteiger partial charge in [0.05, 0.1) is 23.0 Å². The predicted molar refractivity (Wildman–Crippen MR) is 62.1 cm³/mol. The molecule has 0 atom stereocenters. The Morgan fingerprint density at radius 3 is 3.00 bits per heavy atom. The largest absolute Gasteiger partial charge is 0.397 e. The first kappa shape index (κ1) is 11.0. The van der Waals surface area contributed by atoms with Crippen molar-refractivity contribution in [1.82, 2.24) is 10.1 Å². The van der Waals surface area contributed by atoms with Crippen molar-refractivity contribution in [1.29, 1.82) is 5.26 Å². The van der Waals surface area contributed by atoms with Crippen molar-refractivity contribution >= 4 is 11.4 Å². The highest BCUT2D eigenvalue weighted by Gasteiger charge is 2.02. The molecule has 2 rings (SSSR count). The number of hydrogen-bond donors (Lipinski definition) is 2. The minimum Gasteiger partial charge on any atom is -0.397 e. The van der Waals surface area contributed by atoms with Crippen LogP contribution in [0.5, 0.6) is 0 Å². The van der Waals surface area contributed by atoms with Crippen LogP contribution < -0.4 is 11.1 Å². The van der Waals surface area contributed by atoms with Crippen LogP contribution in [0.4, 0.5) is 11.4 Å². The number of nitrogens with zero attached hydrogens (tertiary/aromatic N) is 3. The van der Waals surface area contributed by atoms with Crippen LogP contribution in [-0.4, -0.2) is 16.7 Å². The summed E-state index contributed by atoms with van der Waals surface area (Å²) in [6.45, 7) is 0.637. The first-order valence-corrected chi connectivity index (χ1v) is 5.08. The third-order valence-corrected chi connectivity index (χ3v) is 2.24. The summed E-state index contributed by atoms with van der Waals surface area (Å²) in [7, 11) is 0. The summed E-state index contributed by atoms with van der Waals surface area (Å²) in [6, 6.07) is 7.16. The van der Waals surface area contributed by atoms with Crippen molar-refractivity contribution in [3.63, 3.8) is 0 Å². The van der Waals surface area contributed by atoms with E-state index in [9.17, 15) is 0 Å². The van der Waals surface area contributed by atoms with Gasteiger partial charge in [0, 0.05) is 13.0 Å². The van der Waals surface area contributed by atoms with Gasteiger partial charge in [-0.15, -0.1) is 0 Å². The smallest absolute Gasteiger partial charge is 0.228 e. The second-order valence-corrected chi connectivity index (χ2v) is 3.43. The molecule has 0 unspecified atom stereocenters. The lowest BCUT2D eigenvalue weighted by Crippen LogP contribution is -2.07. The molecule has 0 amide bonds. The number of nitrogens with one attached hydrogen (secondary N) is 1. The SMILES string of the molecule is N#Cc1ccc(NCCc2ncno2)c(N)c1. The molecular weight excluding hydrogens is 218 g/mol. The Hall–Kier alpha value is -2.55. The van der Waals surface area contributed by atoms with Gasteiger partial charge >= 0.3 is 0 Å². The molecule has 6 heteroatoms. The summed E-state index contributed by atoms with van der Waals surface area (Å²) in [5, 5.41) is 15.4. The van der Waals surface area contributed by atoms with Crippen LogP contribution in [0.15, 0.2) is 29.0 Å². The van der Waals surface area contributed by atoms with E-state index in [-0.39, 0.29) is 0 Å². The van der Waals surface area contributed by atoms with Gasteiger partial charge in [0.1, 0.15) is 0 Å². The van der Waals surface area contributed by atoms with Gasteiger partial charge in [0.2, 0.25) is 5.89 Å². The maximum Gasteiger partial charge on any atom is 0.228 e. The van der Waals surface area contributed by atoms with Gasteiger partial charge in [0.15, 0.2) is 6.33 Å². The molecule has 2 aromatic rings. The van der Waals surface area contributed by atoms with E-state index in [1.165, 1.54) is 6.33 Å². The fourth-order valence-corrected chi connectivity index (χ4v) is 1.40. The molecule has 17 heavy (non-hydrogen) atoms. The maximum absolute atomic E-state index is 8.70. The molecule has 0 aliphatic rings. The molecule has 0 spiro atoms. The van der Waals surface area contributed by atoms with Crippen LogP contribution in [-0.2, 0) is 6.42 Å². The van der Waals surface area contributed by atoms with E-state index in [4.69, 9.17) is 15.5 Å². The van der Waals surface area contributed by atoms with Gasteiger partial charge in [-0.25, -0.2) is 0 Å². The molecule has 86 valence electrons. The van der Waals surface area contributed by atoms with Crippen LogP contribution in [0.1, 0.15) is 11.5 Å². The highest BCUT2D eigenvalue weighted by molar-refractivity contribution is 5.68. The van der Waals surface area contributed by atoms with Gasteiger partial charge in [-0.05, 0) is 18.2 Å². The first-order chi connectivity index (χ1) is 8.29. The number of hydrogen-bond acceptors (Lipinski definition) is 6. The molecule has 1 heterocycles. The van der Waals surface area contributed by atoms with Crippen LogP contribution in [0.2, 0.25) is 0 Å². The molecule has 3 N–H and O–H groups in total. The fraction of sp³-hybridized carbons (Fsp3) is 0.182. The van der Waals surface area contributed by atoms with Gasteiger partial charge in [-0.1, -0.05) is 5.16 Å². The van der Waals surface area contributed by atoms with Gasteiger partial charge in [-0.3, -0.25) is 0 Å². The topological polar surface area (TPSA) is 101 Å². The quantitative estimate of drug-likeness (QED) is 0.763. The standard InChI is InChI=1S/C11H11N5O/c12-6-8-1-2-10(9(13)5-8)14-4-3-11-15-7-16-17-11/h1-2,5,7,14H,3-4,13H2. The normalized spacial score (nSPS) is 9.82. The van der Waals surface area contributed by atoms with Crippen LogP contribution in [0, 0.1) is 11.3 Å². The number of rotatable bonds is 4. The molecule has 0 fully saturated rings. The Kier molecular flexibility index (Phi) is 3.21. The van der Waals surface area contributed by atoms with Crippen molar-refractivity contribution in [3.05, 3.63) is 36.0 Å². The number of nitrogen functional groups attached to an aromatic ring is 1. The molecule has 0 bridgehead atoms. The Bertz CT molecular complexity index is 529. The molecule has 0 aliphatic carbocycles. The summed E-state index contributed by atoms with van der Waals surface area (Å²) in [5.41, 5.74) is 7.68. The third-order valence-electron chi connectivity index (χ3n) is 2.24. The minimum absolute atomic E-state index is 0.546. The zero-order valence-electron chi connectivity index (χ0n) is 9.05. The van der Waals surface area contributed by atoms with Crippen LogP contribution in [0.25, 0.3) is 0 Å². The van der Waals surface area contributed by atoms with E-state index in [1.54, 1.807) is 18.2 Å². The van der Waals surface area contributed by atoms with Gasteiger partial charge in [0.25, 0.3) is 0 Å². The predicted octanol–water partition coefficient (Wildman–Crippen LogP) is 1.18. The Labute approximate surface area is 98.1 Å². The molecule has 0 saturated heterocycles. The van der Waals surface area contributed by atoms with E-state index in [0.717, 1.165) is 5.69 Å². The number of aromatic nitrogens is 2. The lowest BCUT2D eigenvalue weighted by atomic mass is 10.2. The molecule has 6 nitrogen and oxygen atoms in total. The summed E-state index contributed by atoms with van der Waals surface area (Å²) >= 11 is 0. The highest BCUT2D eigenvalue weighted by atomic mass is 16.5. The summed E-state index contributed by atoms with van der Waals surface area (Å²) < 4.78 is 4.86. The van der Waals surface area contributed by atoms with Gasteiger partial charge in [-0.2, -0.15) is 10.2 Å². The van der Waals surface area contributed by atoms with E-state index in [2.05, 4.69) is 15.5 Å². The zero-order valence-corrected chi connectivity index (χ0v) is 9.05. The minimum atomic E-state index is 0.546. The van der Waals surface area contributed by atoms with E-state index in [0.29, 0.717) is 30.1 Å². The zero-order chi connectivity index (χ0) is 12.1. The summed E-state index contributed by atoms with van der Waals surface area (Å²) in [6.07, 6.45) is 1.99. The van der Waals surface area contributed by atoms with Crippen molar-refractivity contribution < 1.29 is 4.52 Å². The molecule has 1 aromatic heterocycles. The summed E-state index contributed by atoms with van der Waals surface area (Å²) in [5.74, 6) is 0.574. The molecule has 0 radical (unpaired) electrons. The van der Waals surface area contributed by atoms with E-state index in [1.807, 2.05) is 6.07 Å². The number of benzene rings is 1. The van der Waals surface area contributed by atoms with E-state index < -0.39 is 0 Å². The van der Waals surface area contributed by atoms with Crippen molar-refractivity contribution in [2.24, 2.45) is 0 Å². The molecule has 1 aromatic carbocycles. The average molecular weight is 229 g/mol. The first-order valence-electron chi connectivity index (χ1n) is 5.08. The van der Waals surface area contributed by atoms with Crippen molar-refractivity contribution in [2.45, 2.75) is 6.42 Å². The highest BCUT2D eigenvalue weighted by Crippen LogP contribution is 2.19. The maximum atomic E-state index is 8.70. The Balaban J connectivity index is 1.93. The number of nitriles is 1. The molecule has 0 aliphatic heterocycles. The van der Waals surface area contributed by atoms with Crippen molar-refractivity contribution in [3.8, 4) is 6.07 Å². The fourth-order valence-electron chi connectivity index (χ4n) is 1.40. The van der Waals surface area contributed by atoms with Crippen molar-refractivity contribution in [2.75, 3.05) is 17.6 Å². The van der Waals surface area contributed by atoms with Crippen LogP contribution >= 0.6 is 0 Å². The Morgan fingerprint density at radius 1 is 1.47 bits per heavy atom. The lowest BCUT2D eigenvalue weighted by Gasteiger charge is -2.07. The second-order valence-electron chi connectivity index (χ2n) is 3.43. The van der Waals surface area contributed by atoms with E-state index >= 15 is 0 Å². The number of anilines is 2.